The summed E-state index contributed by atoms with van der Waals surface area (Å²) in [5.74, 6) is -0.173. The minimum atomic E-state index is -0.451. The molecule has 128 valence electrons. The summed E-state index contributed by atoms with van der Waals surface area (Å²) >= 11 is 13.6. The molecule has 0 saturated carbocycles. The molecule has 2 atom stereocenters. The zero-order valence-electron chi connectivity index (χ0n) is 12.8. The van der Waals surface area contributed by atoms with E-state index >= 15 is 0 Å². The van der Waals surface area contributed by atoms with E-state index in [1.165, 1.54) is 11.3 Å². The number of amides is 1. The summed E-state index contributed by atoms with van der Waals surface area (Å²) in [4.78, 5) is 17.4. The van der Waals surface area contributed by atoms with Gasteiger partial charge in [-0.05, 0) is 36.6 Å². The van der Waals surface area contributed by atoms with Crippen LogP contribution in [-0.4, -0.2) is 29.6 Å². The molecule has 1 aliphatic heterocycles. The molecule has 1 aromatic carbocycles. The number of hydrogen-bond acceptors (Lipinski definition) is 5. The van der Waals surface area contributed by atoms with E-state index in [-0.39, 0.29) is 12.0 Å². The van der Waals surface area contributed by atoms with E-state index in [1.807, 2.05) is 6.07 Å². The van der Waals surface area contributed by atoms with Crippen molar-refractivity contribution in [2.24, 2.45) is 5.73 Å². The number of rotatable bonds is 5. The average molecular weight is 386 g/mol. The molecule has 1 saturated heterocycles. The van der Waals surface area contributed by atoms with Crippen LogP contribution in [0.25, 0.3) is 0 Å². The second kappa shape index (κ2) is 7.80. The van der Waals surface area contributed by atoms with Crippen LogP contribution in [0.15, 0.2) is 24.4 Å². The molecule has 8 heteroatoms. The summed E-state index contributed by atoms with van der Waals surface area (Å²) < 4.78 is 5.58. The Kier molecular flexibility index (Phi) is 5.73. The molecular weight excluding hydrogens is 369 g/mol. The number of carbonyl (C=O) groups excluding carboxylic acids is 1. The summed E-state index contributed by atoms with van der Waals surface area (Å²) in [6.07, 6.45) is 3.36. The van der Waals surface area contributed by atoms with Gasteiger partial charge in [0.2, 0.25) is 0 Å². The van der Waals surface area contributed by atoms with Crippen LogP contribution in [0, 0.1) is 0 Å². The smallest absolute Gasteiger partial charge is 0.255 e. The third-order valence-corrected chi connectivity index (χ3v) is 5.34. The summed E-state index contributed by atoms with van der Waals surface area (Å²) in [6.45, 7) is 0.436. The number of thiazole rings is 1. The Hall–Kier alpha value is -1.18. The maximum Gasteiger partial charge on any atom is 0.255 e. The average Bonchev–Trinajstić information content (AvgIpc) is 3.20. The van der Waals surface area contributed by atoms with Gasteiger partial charge in [-0.15, -0.1) is 11.3 Å². The highest BCUT2D eigenvalue weighted by Crippen LogP contribution is 2.27. The Morgan fingerprint density at radius 3 is 3.00 bits per heavy atom. The van der Waals surface area contributed by atoms with Crippen LogP contribution in [0.5, 0.6) is 0 Å². The van der Waals surface area contributed by atoms with Gasteiger partial charge in [-0.2, -0.15) is 0 Å². The van der Waals surface area contributed by atoms with Crippen LogP contribution < -0.4 is 11.1 Å². The molecule has 0 aliphatic carbocycles. The Balaban J connectivity index is 1.61. The minimum Gasteiger partial charge on any atom is -0.364 e. The lowest BCUT2D eigenvalue weighted by Gasteiger charge is -2.11. The zero-order chi connectivity index (χ0) is 17.1. The molecule has 1 amide bonds. The lowest BCUT2D eigenvalue weighted by molar-refractivity contribution is -0.126. The van der Waals surface area contributed by atoms with E-state index in [2.05, 4.69) is 10.3 Å². The van der Waals surface area contributed by atoms with Crippen LogP contribution >= 0.6 is 34.5 Å². The first-order valence-corrected chi connectivity index (χ1v) is 9.17. The lowest BCUT2D eigenvalue weighted by atomic mass is 10.1. The first kappa shape index (κ1) is 17.6. The molecular formula is C16H17Cl2N3O2S. The first-order valence-electron chi connectivity index (χ1n) is 7.60. The van der Waals surface area contributed by atoms with Crippen molar-refractivity contribution in [3.63, 3.8) is 0 Å². The van der Waals surface area contributed by atoms with Gasteiger partial charge < -0.3 is 10.5 Å². The summed E-state index contributed by atoms with van der Waals surface area (Å²) in [7, 11) is 0. The summed E-state index contributed by atoms with van der Waals surface area (Å²) in [5.41, 5.74) is 6.49. The number of nitrogens with zero attached hydrogens (tertiary/aromatic N) is 1. The molecule has 3 N–H and O–H groups in total. The number of benzene rings is 1. The van der Waals surface area contributed by atoms with Gasteiger partial charge in [0, 0.05) is 34.1 Å². The number of carbonyl (C=O) groups is 1. The van der Waals surface area contributed by atoms with Crippen molar-refractivity contribution in [2.75, 3.05) is 11.9 Å². The summed E-state index contributed by atoms with van der Waals surface area (Å²) in [5, 5.41) is 4.65. The van der Waals surface area contributed by atoms with Crippen molar-refractivity contribution in [2.45, 2.75) is 31.5 Å². The van der Waals surface area contributed by atoms with Crippen molar-refractivity contribution < 1.29 is 9.53 Å². The fourth-order valence-electron chi connectivity index (χ4n) is 2.57. The largest absolute Gasteiger partial charge is 0.364 e. The molecule has 0 radical (unpaired) electrons. The zero-order valence-corrected chi connectivity index (χ0v) is 15.1. The molecule has 1 fully saturated rings. The maximum absolute atomic E-state index is 12.2. The van der Waals surface area contributed by atoms with E-state index in [4.69, 9.17) is 33.7 Å². The van der Waals surface area contributed by atoms with E-state index in [0.29, 0.717) is 34.6 Å². The standard InChI is InChI=1S/C16H17Cl2N3O2S/c17-10-1-3-13(18)9(5-10)6-12-8-20-16(24-12)21-15(22)14-4-2-11(7-19)23-14/h1,3,5,8,11,14H,2,4,6-7,19H2,(H,20,21,22)/t11-,14+/m1/s1. The topological polar surface area (TPSA) is 77.2 Å². The molecule has 3 rings (SSSR count). The Bertz CT molecular complexity index is 738. The van der Waals surface area contributed by atoms with E-state index < -0.39 is 6.10 Å². The number of anilines is 1. The van der Waals surface area contributed by atoms with Crippen molar-refractivity contribution in [3.8, 4) is 0 Å². The SMILES string of the molecule is NC[C@H]1CC[C@@H](C(=O)Nc2ncc(Cc3cc(Cl)ccc3Cl)s2)O1. The summed E-state index contributed by atoms with van der Waals surface area (Å²) in [6, 6.07) is 5.36. The van der Waals surface area contributed by atoms with Crippen molar-refractivity contribution in [1.29, 1.82) is 0 Å². The lowest BCUT2D eigenvalue weighted by Crippen LogP contribution is -2.29. The van der Waals surface area contributed by atoms with Crippen molar-refractivity contribution in [1.82, 2.24) is 4.98 Å². The molecule has 5 nitrogen and oxygen atoms in total. The van der Waals surface area contributed by atoms with Crippen LogP contribution in [0.3, 0.4) is 0 Å². The van der Waals surface area contributed by atoms with Gasteiger partial charge in [0.1, 0.15) is 6.10 Å². The second-order valence-electron chi connectivity index (χ2n) is 5.59. The minimum absolute atomic E-state index is 0.0300. The predicted octanol–water partition coefficient (Wildman–Crippen LogP) is 3.49. The number of halogens is 2. The Morgan fingerprint density at radius 1 is 1.42 bits per heavy atom. The van der Waals surface area contributed by atoms with Crippen molar-refractivity contribution >= 4 is 45.6 Å². The fraction of sp³-hybridized carbons (Fsp3) is 0.375. The molecule has 1 aliphatic rings. The van der Waals surface area contributed by atoms with E-state index in [9.17, 15) is 4.79 Å². The second-order valence-corrected chi connectivity index (χ2v) is 7.55. The van der Waals surface area contributed by atoms with Crippen molar-refractivity contribution in [3.05, 3.63) is 44.9 Å². The molecule has 2 heterocycles. The molecule has 0 spiro atoms. The van der Waals surface area contributed by atoms with Gasteiger partial charge in [-0.1, -0.05) is 23.2 Å². The molecule has 24 heavy (non-hydrogen) atoms. The third kappa shape index (κ3) is 4.26. The normalized spacial score (nSPS) is 20.3. The maximum atomic E-state index is 12.2. The number of ether oxygens (including phenoxy) is 1. The monoisotopic (exact) mass is 385 g/mol. The number of hydrogen-bond donors (Lipinski definition) is 2. The van der Waals surface area contributed by atoms with Gasteiger partial charge in [-0.25, -0.2) is 4.98 Å². The molecule has 2 aromatic rings. The van der Waals surface area contributed by atoms with Gasteiger partial charge in [0.25, 0.3) is 5.91 Å². The van der Waals surface area contributed by atoms with Crippen LogP contribution in [0.1, 0.15) is 23.3 Å². The van der Waals surface area contributed by atoms with Crippen LogP contribution in [0.4, 0.5) is 5.13 Å². The van der Waals surface area contributed by atoms with Crippen LogP contribution in [0.2, 0.25) is 10.0 Å². The fourth-order valence-corrected chi connectivity index (χ4v) is 3.79. The third-order valence-electron chi connectivity index (χ3n) is 3.82. The number of nitrogens with two attached hydrogens (primary N) is 1. The van der Waals surface area contributed by atoms with Crippen LogP contribution in [-0.2, 0) is 16.0 Å². The van der Waals surface area contributed by atoms with Gasteiger partial charge in [0.05, 0.1) is 6.10 Å². The quantitative estimate of drug-likeness (QED) is 0.825. The van der Waals surface area contributed by atoms with E-state index in [1.54, 1.807) is 18.3 Å². The number of nitrogens with one attached hydrogen (secondary N) is 1. The molecule has 0 unspecified atom stereocenters. The highest BCUT2D eigenvalue weighted by molar-refractivity contribution is 7.15. The number of aromatic nitrogens is 1. The van der Waals surface area contributed by atoms with E-state index in [0.717, 1.165) is 16.9 Å². The highest BCUT2D eigenvalue weighted by Gasteiger charge is 2.30. The molecule has 1 aromatic heterocycles. The van der Waals surface area contributed by atoms with Gasteiger partial charge in [-0.3, -0.25) is 10.1 Å². The highest BCUT2D eigenvalue weighted by atomic mass is 35.5. The predicted molar refractivity (Wildman–Crippen MR) is 97.0 cm³/mol. The molecule has 0 bridgehead atoms. The van der Waals surface area contributed by atoms with Gasteiger partial charge in [0.15, 0.2) is 5.13 Å². The Morgan fingerprint density at radius 2 is 2.25 bits per heavy atom. The Labute approximate surface area is 154 Å². The van der Waals surface area contributed by atoms with Gasteiger partial charge >= 0.3 is 0 Å². The first-order chi connectivity index (χ1) is 11.5.